The van der Waals surface area contributed by atoms with Gasteiger partial charge in [0.2, 0.25) is 0 Å². The van der Waals surface area contributed by atoms with Crippen LogP contribution in [0.25, 0.3) is 17.0 Å². The number of benzene rings is 2. The molecule has 4 rings (SSSR count). The maximum absolute atomic E-state index is 2.46. The normalized spacial score (nSPS) is 14.6. The van der Waals surface area contributed by atoms with E-state index in [1.165, 1.54) is 31.3 Å². The van der Waals surface area contributed by atoms with Gasteiger partial charge in [0.25, 0.3) is 0 Å². The molecule has 0 saturated heterocycles. The molecule has 0 fully saturated rings. The first-order valence-electron chi connectivity index (χ1n) is 8.49. The fourth-order valence-corrected chi connectivity index (χ4v) is 5.83. The molecule has 0 amide bonds. The molecule has 2 heterocycles. The number of para-hydroxylation sites is 2. The summed E-state index contributed by atoms with van der Waals surface area (Å²) in [4.78, 5) is 2.46. The number of pyridine rings is 1. The van der Waals surface area contributed by atoms with Crippen LogP contribution in [0.15, 0.2) is 65.3 Å². The largest absolute Gasteiger partial charge is 1.00 e. The summed E-state index contributed by atoms with van der Waals surface area (Å²) in [7, 11) is 0. The second kappa shape index (κ2) is 7.90. The van der Waals surface area contributed by atoms with Crippen LogP contribution in [0.1, 0.15) is 19.5 Å². The molecule has 0 atom stereocenters. The summed E-state index contributed by atoms with van der Waals surface area (Å²) in [5.74, 6) is 0. The molecule has 1 aliphatic heterocycles. The van der Waals surface area contributed by atoms with E-state index < -0.39 is 0 Å². The van der Waals surface area contributed by atoms with Gasteiger partial charge < -0.3 is 24.0 Å². The molecule has 0 radical (unpaired) electrons. The van der Waals surface area contributed by atoms with Crippen LogP contribution in [0.2, 0.25) is 0 Å². The van der Waals surface area contributed by atoms with Gasteiger partial charge in [-0.05, 0) is 0 Å². The Morgan fingerprint density at radius 2 is 1.72 bits per heavy atom. The van der Waals surface area contributed by atoms with Gasteiger partial charge in [0.1, 0.15) is 0 Å². The Labute approximate surface area is 172 Å². The molecule has 0 unspecified atom stereocenters. The molecular weight excluding hydrogens is 486 g/mol. The molecule has 1 aromatic heterocycles. The number of nitrogens with zero attached hydrogens (tertiary/aromatic N) is 2. The number of fused-ring (bicyclic) bond motifs is 2. The average molecular weight is 507 g/mol. The van der Waals surface area contributed by atoms with E-state index in [9.17, 15) is 0 Å². The molecule has 128 valence electrons. The van der Waals surface area contributed by atoms with Gasteiger partial charge in [0.05, 0.1) is 0 Å². The molecule has 25 heavy (non-hydrogen) atoms. The minimum Gasteiger partial charge on any atom is -1.00 e. The smallest absolute Gasteiger partial charge is 1.00 e. The third-order valence-electron chi connectivity index (χ3n) is 4.51. The quantitative estimate of drug-likeness (QED) is 0.282. The Morgan fingerprint density at radius 3 is 2.52 bits per heavy atom. The van der Waals surface area contributed by atoms with Gasteiger partial charge in [-0.15, -0.1) is 0 Å². The Balaban J connectivity index is 0.00000182. The maximum Gasteiger partial charge on any atom is -1.00 e. The standard InChI is InChI=1S/C21H21N2Se.HI/c1-3-22-17(14-13-16-9-5-6-10-18(16)22)15-21-23(4-2)19-11-7-8-12-20(19)24-21;/h5-15H,3-4H2,1-2H3;1H/q+1;/p-1. The zero-order valence-electron chi connectivity index (χ0n) is 14.4. The van der Waals surface area contributed by atoms with Crippen molar-refractivity contribution in [2.75, 3.05) is 11.4 Å². The second-order valence-corrected chi connectivity index (χ2v) is 8.09. The molecule has 0 spiro atoms. The molecule has 1 aliphatic rings. The zero-order chi connectivity index (χ0) is 16.5. The number of aryl methyl sites for hydroxylation is 1. The van der Waals surface area contributed by atoms with E-state index in [0.717, 1.165) is 13.1 Å². The van der Waals surface area contributed by atoms with E-state index >= 15 is 0 Å². The molecule has 3 aromatic rings. The van der Waals surface area contributed by atoms with Crippen molar-refractivity contribution in [2.24, 2.45) is 0 Å². The Morgan fingerprint density at radius 1 is 0.960 bits per heavy atom. The fraction of sp³-hybridized carbons (Fsp3) is 0.190. The predicted octanol–water partition coefficient (Wildman–Crippen LogP) is 0.319. The van der Waals surface area contributed by atoms with Crippen molar-refractivity contribution >= 4 is 42.1 Å². The fourth-order valence-electron chi connectivity index (χ4n) is 3.37. The van der Waals surface area contributed by atoms with E-state index in [1.807, 2.05) is 0 Å². The third kappa shape index (κ3) is 3.35. The van der Waals surface area contributed by atoms with E-state index in [0.29, 0.717) is 15.0 Å². The van der Waals surface area contributed by atoms with Crippen molar-refractivity contribution in [2.45, 2.75) is 20.4 Å². The van der Waals surface area contributed by atoms with Gasteiger partial charge in [-0.25, -0.2) is 0 Å². The summed E-state index contributed by atoms with van der Waals surface area (Å²) in [6.45, 7) is 6.46. The van der Waals surface area contributed by atoms with E-state index in [-0.39, 0.29) is 24.0 Å². The van der Waals surface area contributed by atoms with E-state index in [2.05, 4.69) is 90.1 Å². The van der Waals surface area contributed by atoms with Crippen molar-refractivity contribution in [1.82, 2.24) is 0 Å². The molecule has 4 heteroatoms. The first kappa shape index (κ1) is 18.4. The molecule has 2 nitrogen and oxygen atoms in total. The summed E-state index contributed by atoms with van der Waals surface area (Å²) in [5.41, 5.74) is 3.98. The van der Waals surface area contributed by atoms with Crippen molar-refractivity contribution in [3.8, 4) is 0 Å². The summed E-state index contributed by atoms with van der Waals surface area (Å²) in [6.07, 6.45) is 2.39. The Kier molecular flexibility index (Phi) is 5.82. The Bertz CT molecular complexity index is 936. The van der Waals surface area contributed by atoms with Gasteiger partial charge in [0, 0.05) is 0 Å². The first-order valence-corrected chi connectivity index (χ1v) is 10.2. The molecule has 0 saturated carbocycles. The summed E-state index contributed by atoms with van der Waals surface area (Å²) in [5, 5.41) is 1.30. The van der Waals surface area contributed by atoms with Gasteiger partial charge in [-0.3, -0.25) is 0 Å². The van der Waals surface area contributed by atoms with Crippen molar-refractivity contribution in [3.63, 3.8) is 0 Å². The Hall–Kier alpha value is -1.36. The number of aromatic nitrogens is 1. The van der Waals surface area contributed by atoms with Crippen LogP contribution in [0.4, 0.5) is 5.69 Å². The van der Waals surface area contributed by atoms with Crippen LogP contribution >= 0.6 is 0 Å². The minimum absolute atomic E-state index is 0. The summed E-state index contributed by atoms with van der Waals surface area (Å²) >= 11 is 0.379. The molecular formula is C21H21IN2Se. The summed E-state index contributed by atoms with van der Waals surface area (Å²) in [6, 6.07) is 21.9. The van der Waals surface area contributed by atoms with Crippen molar-refractivity contribution < 1.29 is 28.5 Å². The second-order valence-electron chi connectivity index (χ2n) is 5.86. The molecule has 0 aliphatic carbocycles. The number of rotatable bonds is 3. The van der Waals surface area contributed by atoms with Crippen molar-refractivity contribution in [1.29, 1.82) is 0 Å². The number of halogens is 1. The molecule has 0 N–H and O–H groups in total. The van der Waals surface area contributed by atoms with E-state index in [1.54, 1.807) is 0 Å². The van der Waals surface area contributed by atoms with Crippen LogP contribution in [0, 0.1) is 0 Å². The van der Waals surface area contributed by atoms with Crippen LogP contribution < -0.4 is 37.9 Å². The SMILES string of the molecule is CCN1/C(=C\c2ccc3ccccc3[n+]2CC)[Se]c2ccccc21.[I-]. The molecule has 2 aromatic carbocycles. The van der Waals surface area contributed by atoms with Crippen LogP contribution in [-0.2, 0) is 6.54 Å². The topological polar surface area (TPSA) is 7.12 Å². The van der Waals surface area contributed by atoms with Crippen LogP contribution in [0.5, 0.6) is 0 Å². The van der Waals surface area contributed by atoms with Gasteiger partial charge in [-0.1, -0.05) is 0 Å². The monoisotopic (exact) mass is 508 g/mol. The third-order valence-corrected chi connectivity index (χ3v) is 6.85. The number of hydrogen-bond donors (Lipinski definition) is 0. The predicted molar refractivity (Wildman–Crippen MR) is 103 cm³/mol. The van der Waals surface area contributed by atoms with Crippen LogP contribution in [-0.4, -0.2) is 21.5 Å². The molecule has 0 bridgehead atoms. The van der Waals surface area contributed by atoms with Crippen molar-refractivity contribution in [3.05, 3.63) is 71.0 Å². The zero-order valence-corrected chi connectivity index (χ0v) is 18.3. The maximum atomic E-state index is 2.46. The summed E-state index contributed by atoms with van der Waals surface area (Å²) < 4.78 is 5.35. The number of hydrogen-bond acceptors (Lipinski definition) is 1. The van der Waals surface area contributed by atoms with Gasteiger partial charge in [0.15, 0.2) is 0 Å². The van der Waals surface area contributed by atoms with E-state index in [4.69, 9.17) is 0 Å². The van der Waals surface area contributed by atoms with Gasteiger partial charge in [-0.2, -0.15) is 0 Å². The van der Waals surface area contributed by atoms with Crippen LogP contribution in [0.3, 0.4) is 0 Å². The average Bonchev–Trinajstić information content (AvgIpc) is 2.98. The first-order chi connectivity index (χ1) is 11.8. The van der Waals surface area contributed by atoms with Gasteiger partial charge >= 0.3 is 149 Å². The number of anilines is 1. The minimum atomic E-state index is 0.